The lowest BCUT2D eigenvalue weighted by atomic mass is 9.93. The van der Waals surface area contributed by atoms with Crippen molar-refractivity contribution in [3.05, 3.63) is 55.0 Å². The van der Waals surface area contributed by atoms with Crippen molar-refractivity contribution in [1.82, 2.24) is 4.90 Å². The number of para-hydroxylation sites is 1. The van der Waals surface area contributed by atoms with Gasteiger partial charge in [-0.3, -0.25) is 9.32 Å². The van der Waals surface area contributed by atoms with Crippen molar-refractivity contribution in [3.63, 3.8) is 0 Å². The molecular weight excluding hydrogens is 520 g/mol. The highest BCUT2D eigenvalue weighted by Gasteiger charge is 2.60. The molecule has 1 aromatic rings. The fourth-order valence-corrected chi connectivity index (χ4v) is 6.20. The average molecular weight is 556 g/mol. The van der Waals surface area contributed by atoms with E-state index < -0.39 is 56.3 Å². The predicted molar refractivity (Wildman–Crippen MR) is 138 cm³/mol. The Labute approximate surface area is 221 Å². The van der Waals surface area contributed by atoms with Crippen molar-refractivity contribution in [2.75, 3.05) is 12.8 Å². The summed E-state index contributed by atoms with van der Waals surface area (Å²) in [4.78, 5) is 17.7. The summed E-state index contributed by atoms with van der Waals surface area (Å²) in [5, 5.41) is 22.0. The van der Waals surface area contributed by atoms with E-state index in [0.29, 0.717) is 0 Å². The molecule has 0 bridgehead atoms. The van der Waals surface area contributed by atoms with Gasteiger partial charge >= 0.3 is 13.6 Å². The number of amidine groups is 1. The normalized spacial score (nSPS) is 28.5. The first-order valence-electron chi connectivity index (χ1n) is 12.1. The average Bonchev–Trinajstić information content (AvgIpc) is 3.10. The summed E-state index contributed by atoms with van der Waals surface area (Å²) in [7, 11) is -4.10. The Balaban J connectivity index is 1.85. The second-order valence-corrected chi connectivity index (χ2v) is 11.6. The quantitative estimate of drug-likeness (QED) is 0.274. The second-order valence-electron chi connectivity index (χ2n) is 9.59. The molecule has 0 aromatic heterocycles. The third-order valence-electron chi connectivity index (χ3n) is 5.99. The Bertz CT molecular complexity index is 1120. The summed E-state index contributed by atoms with van der Waals surface area (Å²) in [6.07, 6.45) is -3.73. The highest BCUT2D eigenvalue weighted by molar-refractivity contribution is 7.54. The molecule has 0 aliphatic carbocycles. The van der Waals surface area contributed by atoms with Gasteiger partial charge in [0.1, 0.15) is 36.3 Å². The van der Waals surface area contributed by atoms with Crippen LogP contribution in [0.4, 0.5) is 4.39 Å². The summed E-state index contributed by atoms with van der Waals surface area (Å²) in [6.45, 7) is 8.70. The van der Waals surface area contributed by atoms with Gasteiger partial charge < -0.3 is 34.8 Å². The molecule has 0 amide bonds. The molecule has 2 aliphatic rings. The fraction of sp³-hybridized carbons (Fsp3) is 0.520. The van der Waals surface area contributed by atoms with Crippen molar-refractivity contribution in [3.8, 4) is 5.75 Å². The number of aliphatic imine (C=N–C) groups is 1. The first-order valence-corrected chi connectivity index (χ1v) is 13.9. The zero-order chi connectivity index (χ0) is 28.3. The lowest BCUT2D eigenvalue weighted by molar-refractivity contribution is -0.151. The van der Waals surface area contributed by atoms with E-state index >= 15 is 0 Å². The van der Waals surface area contributed by atoms with Crippen LogP contribution in [0.2, 0.25) is 0 Å². The summed E-state index contributed by atoms with van der Waals surface area (Å²) in [5.41, 5.74) is 3.25. The molecule has 13 heteroatoms. The number of aliphatic hydroxyl groups excluding tert-OH is 1. The van der Waals surface area contributed by atoms with Gasteiger partial charge in [0.15, 0.2) is 11.8 Å². The van der Waals surface area contributed by atoms with Crippen LogP contribution < -0.4 is 10.3 Å². The van der Waals surface area contributed by atoms with Gasteiger partial charge in [0.05, 0.1) is 24.3 Å². The molecule has 1 unspecified atom stereocenters. The lowest BCUT2D eigenvalue weighted by Gasteiger charge is -2.36. The number of halogens is 1. The summed E-state index contributed by atoms with van der Waals surface area (Å²) in [6, 6.07) is 8.21. The summed E-state index contributed by atoms with van der Waals surface area (Å²) < 4.78 is 50.8. The van der Waals surface area contributed by atoms with Gasteiger partial charge in [0.25, 0.3) is 0 Å². The number of aliphatic hydroxyl groups is 2. The largest absolute Gasteiger partial charge is 0.463 e. The van der Waals surface area contributed by atoms with Crippen molar-refractivity contribution in [2.24, 2.45) is 16.6 Å². The van der Waals surface area contributed by atoms with E-state index in [0.717, 1.165) is 0 Å². The second kappa shape index (κ2) is 12.0. The molecule has 0 spiro atoms. The Morgan fingerprint density at radius 1 is 1.32 bits per heavy atom. The van der Waals surface area contributed by atoms with Crippen LogP contribution in [0.25, 0.3) is 0 Å². The fourth-order valence-electron chi connectivity index (χ4n) is 4.11. The van der Waals surface area contributed by atoms with Crippen LogP contribution in [0.15, 0.2) is 60.0 Å². The third kappa shape index (κ3) is 6.62. The Hall–Kier alpha value is -2.76. The molecule has 1 saturated heterocycles. The zero-order valence-electron chi connectivity index (χ0n) is 21.8. The Kier molecular flexibility index (Phi) is 9.38. The van der Waals surface area contributed by atoms with E-state index in [2.05, 4.69) is 11.6 Å². The van der Waals surface area contributed by atoms with Crippen LogP contribution in [0.5, 0.6) is 5.75 Å². The Morgan fingerprint density at radius 3 is 2.55 bits per heavy atom. The number of hydrogen-bond acceptors (Lipinski definition) is 11. The van der Waals surface area contributed by atoms with Gasteiger partial charge in [-0.05, 0) is 39.0 Å². The maximum absolute atomic E-state index is 14.2. The van der Waals surface area contributed by atoms with Crippen LogP contribution in [0.3, 0.4) is 0 Å². The SMILES string of the molecule is C=C1N=C(N)C=CN1[C@@H]1O[C@H]([C@@H](C)O[P@](=O)(C[C@@H](C)C(=O)OC(C)C)Oc2ccccc2)[C@H](O)C1(O)CF. The van der Waals surface area contributed by atoms with Gasteiger partial charge in [0.2, 0.25) is 0 Å². The van der Waals surface area contributed by atoms with Crippen LogP contribution in [-0.2, 0) is 23.4 Å². The van der Waals surface area contributed by atoms with Crippen molar-refractivity contribution < 1.29 is 42.5 Å². The molecule has 3 rings (SSSR count). The maximum Gasteiger partial charge on any atom is 0.380 e. The van der Waals surface area contributed by atoms with Gasteiger partial charge in [-0.1, -0.05) is 31.7 Å². The first kappa shape index (κ1) is 29.8. The van der Waals surface area contributed by atoms with E-state index in [4.69, 9.17) is 24.3 Å². The van der Waals surface area contributed by atoms with Crippen LogP contribution in [0.1, 0.15) is 27.7 Å². The third-order valence-corrected chi connectivity index (χ3v) is 8.13. The summed E-state index contributed by atoms with van der Waals surface area (Å²) >= 11 is 0. The monoisotopic (exact) mass is 555 g/mol. The van der Waals surface area contributed by atoms with E-state index in [9.17, 15) is 24.0 Å². The molecule has 1 fully saturated rings. The van der Waals surface area contributed by atoms with Gasteiger partial charge in [0, 0.05) is 6.20 Å². The molecule has 4 N–H and O–H groups in total. The molecule has 2 heterocycles. The minimum Gasteiger partial charge on any atom is -0.463 e. The van der Waals surface area contributed by atoms with Gasteiger partial charge in [-0.15, -0.1) is 0 Å². The number of nitrogens with two attached hydrogens (primary N) is 1. The maximum atomic E-state index is 14.2. The number of benzene rings is 1. The standard InChI is InChI=1S/C25H35FN3O8P/c1-15(2)34-23(31)16(3)13-38(33,37-19-9-7-6-8-10-19)36-17(4)21-22(30)25(32,14-26)24(35-21)29-12-11-20(27)28-18(29)5/h6-12,15-17,21-22,24,30,32H,5,13-14H2,1-4H3,(H2,27,28)/t16-,17-,21-,22+,24-,25?,38-/m1/s1. The molecule has 38 heavy (non-hydrogen) atoms. The van der Waals surface area contributed by atoms with Crippen molar-refractivity contribution >= 4 is 19.4 Å². The molecule has 0 saturated carbocycles. The lowest BCUT2D eigenvalue weighted by Crippen LogP contribution is -2.56. The summed E-state index contributed by atoms with van der Waals surface area (Å²) in [5.74, 6) is -1.03. The minimum atomic E-state index is -4.10. The van der Waals surface area contributed by atoms with Crippen molar-refractivity contribution in [2.45, 2.75) is 63.9 Å². The van der Waals surface area contributed by atoms with Crippen molar-refractivity contribution in [1.29, 1.82) is 0 Å². The van der Waals surface area contributed by atoms with E-state index in [-0.39, 0.29) is 29.7 Å². The molecule has 7 atom stereocenters. The van der Waals surface area contributed by atoms with Crippen LogP contribution in [0, 0.1) is 5.92 Å². The number of nitrogens with zero attached hydrogens (tertiary/aromatic N) is 2. The number of esters is 1. The van der Waals surface area contributed by atoms with Gasteiger partial charge in [-0.25, -0.2) is 13.9 Å². The molecular formula is C25H35FN3O8P. The Morgan fingerprint density at radius 2 is 1.97 bits per heavy atom. The number of carbonyl (C=O) groups excluding carboxylic acids is 1. The van der Waals surface area contributed by atoms with E-state index in [1.165, 1.54) is 31.0 Å². The number of hydrogen-bond donors (Lipinski definition) is 3. The van der Waals surface area contributed by atoms with Crippen LogP contribution >= 0.6 is 7.60 Å². The zero-order valence-corrected chi connectivity index (χ0v) is 22.7. The smallest absolute Gasteiger partial charge is 0.380 e. The van der Waals surface area contributed by atoms with Gasteiger partial charge in [-0.2, -0.15) is 0 Å². The number of carbonyl (C=O) groups is 1. The highest BCUT2D eigenvalue weighted by atomic mass is 31.2. The number of alkyl halides is 1. The number of rotatable bonds is 11. The van der Waals surface area contributed by atoms with E-state index in [1.807, 2.05) is 0 Å². The molecule has 0 radical (unpaired) electrons. The topological polar surface area (TPSA) is 153 Å². The predicted octanol–water partition coefficient (Wildman–Crippen LogP) is 2.70. The molecule has 11 nitrogen and oxygen atoms in total. The first-order chi connectivity index (χ1) is 17.8. The number of ether oxygens (including phenoxy) is 2. The van der Waals surface area contributed by atoms with Crippen LogP contribution in [-0.4, -0.2) is 76.0 Å². The molecule has 2 aliphatic heterocycles. The molecule has 1 aromatic carbocycles. The molecule has 210 valence electrons. The highest BCUT2D eigenvalue weighted by Crippen LogP contribution is 2.52. The van der Waals surface area contributed by atoms with E-state index in [1.54, 1.807) is 44.2 Å². The minimum absolute atomic E-state index is 0.0545.